The number of hydrazine groups is 1. The number of cyclic esters (lactones) is 1. The molecule has 6 bridgehead atoms. The quantitative estimate of drug-likeness (QED) is 0.107. The van der Waals surface area contributed by atoms with Gasteiger partial charge in [-0.2, -0.15) is 54.0 Å². The van der Waals surface area contributed by atoms with Crippen molar-refractivity contribution in [2.45, 2.75) is 111 Å². The number of carbonyl (C=O) groups is 5. The molecule has 0 unspecified atom stereocenters. The first-order chi connectivity index (χ1) is 33.0. The molecule has 3 aromatic carbocycles. The lowest BCUT2D eigenvalue weighted by Crippen LogP contribution is -2.62. The first-order valence-electron chi connectivity index (χ1n) is 25.1. The number of benzene rings is 3. The van der Waals surface area contributed by atoms with Gasteiger partial charge in [0, 0.05) is 68.1 Å². The van der Waals surface area contributed by atoms with Crippen LogP contribution in [0.2, 0.25) is 0 Å². The molecule has 4 aliphatic rings. The lowest BCUT2D eigenvalue weighted by Gasteiger charge is -2.37. The molecule has 18 heteroatoms. The van der Waals surface area contributed by atoms with Crippen LogP contribution in [0.15, 0.2) is 73.3 Å². The summed E-state index contributed by atoms with van der Waals surface area (Å²) < 4.78 is 8.58. The van der Waals surface area contributed by atoms with Crippen molar-refractivity contribution in [2.24, 2.45) is 17.3 Å². The summed E-state index contributed by atoms with van der Waals surface area (Å²) in [5.74, 6) is -2.74. The third kappa shape index (κ3) is 13.6. The Kier molecular flexibility index (Phi) is 21.9. The Balaban J connectivity index is 0.00000289. The maximum absolute atomic E-state index is 14.8. The summed E-state index contributed by atoms with van der Waals surface area (Å²) in [6.07, 6.45) is 6.72. The molecule has 3 N–H and O–H groups in total. The molecule has 400 valence electrons. The smallest absolute Gasteiger partial charge is 0.324 e. The second kappa shape index (κ2) is 26.3. The fraction of sp³-hybridized carbons (Fsp3) is 0.509. The molecule has 0 saturated carbocycles. The molecule has 1 aromatic heterocycles. The van der Waals surface area contributed by atoms with E-state index in [1.807, 2.05) is 19.9 Å². The van der Waals surface area contributed by atoms with E-state index >= 15 is 0 Å². The van der Waals surface area contributed by atoms with Crippen molar-refractivity contribution >= 4 is 94.5 Å². The highest BCUT2D eigenvalue weighted by Gasteiger charge is 2.40. The molecule has 8 rings (SSSR count). The van der Waals surface area contributed by atoms with Crippen molar-refractivity contribution in [1.29, 1.82) is 0 Å². The molecule has 0 aliphatic carbocycles. The predicted molar refractivity (Wildman–Crippen MR) is 309 cm³/mol. The van der Waals surface area contributed by atoms with Gasteiger partial charge in [0.25, 0.3) is 5.91 Å². The number of likely N-dealkylation sites (N-methyl/N-ethyl adjacent to an activating group) is 1. The topological polar surface area (TPSA) is 157 Å². The standard InChI is InChI=1S/C55H71N7O7.4H2S/c1-8-48(64)60-26-21-39(33-60)52(66)58(7)49(35(3)4)51(65)56-46-29-36-27-40(30-41(63)28-36)38-18-19-47-43(31-38)44(32-55(5,6)34-69-54(68)45-17-14-24-62(57-45)53(46)67)50(61(47)9-2)42-16-11-10-15-37(42)20-25-59-22-12-13-23-59;;;;/h8,10-11,15-16,18-19,27-28,30-31,35,39,45-46,49,57,63H,1,9,12-14,17,20-26,29,32-34H2,2-7H3,(H,56,65);4*1H2/t39-,45-,46-,49-;;;;/m0..../s1. The molecule has 4 aromatic rings. The number of hydrogen-bond acceptors (Lipinski definition) is 9. The summed E-state index contributed by atoms with van der Waals surface area (Å²) in [6.45, 7) is 18.8. The van der Waals surface area contributed by atoms with E-state index in [-0.39, 0.29) is 97.0 Å². The normalized spacial score (nSPS) is 20.3. The Labute approximate surface area is 459 Å². The number of aromatic nitrogens is 1. The van der Waals surface area contributed by atoms with Gasteiger partial charge < -0.3 is 34.4 Å². The fourth-order valence-electron chi connectivity index (χ4n) is 11.2. The van der Waals surface area contributed by atoms with Crippen LogP contribution < -0.4 is 10.7 Å². The summed E-state index contributed by atoms with van der Waals surface area (Å²) in [6, 6.07) is 17.6. The molecule has 3 saturated heterocycles. The number of carbonyl (C=O) groups excluding carboxylic acids is 5. The minimum atomic E-state index is -1.15. The van der Waals surface area contributed by atoms with E-state index in [9.17, 15) is 29.1 Å². The van der Waals surface area contributed by atoms with Crippen molar-refractivity contribution < 1.29 is 33.8 Å². The number of phenolic OH excluding ortho intramolecular Hbond substituents is 1. The van der Waals surface area contributed by atoms with Crippen LogP contribution in [0, 0.1) is 17.3 Å². The van der Waals surface area contributed by atoms with E-state index in [1.165, 1.54) is 45.5 Å². The van der Waals surface area contributed by atoms with Crippen LogP contribution >= 0.6 is 54.0 Å². The number of nitrogens with one attached hydrogen (secondary N) is 2. The van der Waals surface area contributed by atoms with Crippen LogP contribution in [0.4, 0.5) is 0 Å². The maximum atomic E-state index is 14.8. The monoisotopic (exact) mass is 1080 g/mol. The van der Waals surface area contributed by atoms with Gasteiger partial charge in [0.1, 0.15) is 23.9 Å². The minimum absolute atomic E-state index is 0. The van der Waals surface area contributed by atoms with Gasteiger partial charge in [-0.05, 0) is 129 Å². The maximum Gasteiger partial charge on any atom is 0.324 e. The van der Waals surface area contributed by atoms with Crippen LogP contribution in [0.25, 0.3) is 33.3 Å². The van der Waals surface area contributed by atoms with Crippen molar-refractivity contribution in [3.05, 3.63) is 90.0 Å². The second-order valence-electron chi connectivity index (χ2n) is 20.8. The number of esters is 1. The highest BCUT2D eigenvalue weighted by Crippen LogP contribution is 2.42. The summed E-state index contributed by atoms with van der Waals surface area (Å²) in [7, 11) is 1.59. The molecule has 4 atom stereocenters. The van der Waals surface area contributed by atoms with Crippen molar-refractivity contribution in [3.63, 3.8) is 0 Å². The number of fused-ring (bicyclic) bond motifs is 6. The van der Waals surface area contributed by atoms with Crippen LogP contribution in [0.1, 0.15) is 83.4 Å². The molecule has 5 heterocycles. The Morgan fingerprint density at radius 1 is 0.945 bits per heavy atom. The third-order valence-electron chi connectivity index (χ3n) is 14.7. The van der Waals surface area contributed by atoms with E-state index in [1.54, 1.807) is 24.1 Å². The first-order valence-corrected chi connectivity index (χ1v) is 25.1. The number of amides is 4. The predicted octanol–water partition coefficient (Wildman–Crippen LogP) is 6.96. The lowest BCUT2D eigenvalue weighted by atomic mass is 9.83. The molecule has 3 fully saturated rings. The van der Waals surface area contributed by atoms with E-state index in [0.717, 1.165) is 60.3 Å². The molecular weight excluding hydrogens is 999 g/mol. The number of nitrogens with zero attached hydrogens (tertiary/aromatic N) is 5. The SMILES string of the molecule is C=CC(=O)N1CC[C@H](C(=O)N(C)[C@H](C(=O)N[C@H]2Cc3cc(O)cc(c3)-c3ccc4c(c3)c(c(-c3ccccc3CCN3CCCC3)n4CC)CC(C)(C)COC(=O)[C@@H]3CCCN(N3)C2=O)C(C)C)C1.S.S.S.S. The molecule has 73 heavy (non-hydrogen) atoms. The summed E-state index contributed by atoms with van der Waals surface area (Å²) >= 11 is 0. The molecular formula is C55H79N7O7S4. The molecule has 14 nitrogen and oxygen atoms in total. The van der Waals surface area contributed by atoms with Gasteiger partial charge in [0.05, 0.1) is 18.2 Å². The number of aryl methyl sites for hydroxylation is 1. The van der Waals surface area contributed by atoms with Gasteiger partial charge in [0.15, 0.2) is 0 Å². The van der Waals surface area contributed by atoms with E-state index in [2.05, 4.69) is 90.0 Å². The molecule has 0 radical (unpaired) electrons. The Morgan fingerprint density at radius 3 is 2.37 bits per heavy atom. The highest BCUT2D eigenvalue weighted by atomic mass is 32.1. The van der Waals surface area contributed by atoms with E-state index < -0.39 is 47.2 Å². The van der Waals surface area contributed by atoms with E-state index in [4.69, 9.17) is 4.74 Å². The van der Waals surface area contributed by atoms with Gasteiger partial charge in [-0.3, -0.25) is 29.0 Å². The fourth-order valence-corrected chi connectivity index (χ4v) is 11.2. The highest BCUT2D eigenvalue weighted by molar-refractivity contribution is 7.59. The average molecular weight is 1080 g/mol. The number of aromatic hydroxyl groups is 1. The minimum Gasteiger partial charge on any atom is -0.508 e. The van der Waals surface area contributed by atoms with Gasteiger partial charge in [-0.25, -0.2) is 5.43 Å². The first kappa shape index (κ1) is 61.0. The van der Waals surface area contributed by atoms with Crippen molar-refractivity contribution in [2.75, 3.05) is 52.9 Å². The summed E-state index contributed by atoms with van der Waals surface area (Å²) in [4.78, 5) is 75.2. The zero-order valence-electron chi connectivity index (χ0n) is 43.4. The third-order valence-corrected chi connectivity index (χ3v) is 14.7. The molecule has 4 aliphatic heterocycles. The van der Waals surface area contributed by atoms with Crippen molar-refractivity contribution in [1.82, 2.24) is 35.0 Å². The summed E-state index contributed by atoms with van der Waals surface area (Å²) in [5.41, 5.74) is 10.8. The number of phenols is 1. The van der Waals surface area contributed by atoms with Crippen LogP contribution in [0.3, 0.4) is 0 Å². The Hall–Kier alpha value is -4.59. The van der Waals surface area contributed by atoms with Gasteiger partial charge in [-0.15, -0.1) is 0 Å². The van der Waals surface area contributed by atoms with Gasteiger partial charge >= 0.3 is 5.97 Å². The van der Waals surface area contributed by atoms with Gasteiger partial charge in [0.2, 0.25) is 17.7 Å². The Morgan fingerprint density at radius 2 is 1.67 bits per heavy atom. The summed E-state index contributed by atoms with van der Waals surface area (Å²) in [5, 5.41) is 16.9. The van der Waals surface area contributed by atoms with E-state index in [0.29, 0.717) is 44.3 Å². The molecule has 4 amide bonds. The molecule has 0 spiro atoms. The second-order valence-corrected chi connectivity index (χ2v) is 20.8. The Bertz CT molecular complexity index is 2620. The van der Waals surface area contributed by atoms with Crippen LogP contribution in [-0.4, -0.2) is 130 Å². The largest absolute Gasteiger partial charge is 0.508 e. The number of likely N-dealkylation sites (tertiary alicyclic amines) is 2. The lowest BCUT2D eigenvalue weighted by molar-refractivity contribution is -0.155. The van der Waals surface area contributed by atoms with Crippen LogP contribution in [0.5, 0.6) is 5.75 Å². The van der Waals surface area contributed by atoms with Gasteiger partial charge in [-0.1, -0.05) is 70.7 Å². The number of hydrogen-bond donors (Lipinski definition) is 3. The van der Waals surface area contributed by atoms with Crippen molar-refractivity contribution in [3.8, 4) is 28.1 Å². The number of rotatable bonds is 11. The average Bonchev–Trinajstić information content (AvgIpc) is 4.11. The zero-order chi connectivity index (χ0) is 49.1. The van der Waals surface area contributed by atoms with Crippen LogP contribution in [-0.2, 0) is 54.5 Å². The zero-order valence-corrected chi connectivity index (χ0v) is 47.4. The number of ether oxygens (including phenoxy) is 1.